The van der Waals surface area contributed by atoms with E-state index in [9.17, 15) is 4.79 Å². The zero-order valence-corrected chi connectivity index (χ0v) is 11.8. The van der Waals surface area contributed by atoms with Crippen LogP contribution in [0.3, 0.4) is 0 Å². The molecule has 4 heteroatoms. The fraction of sp³-hybridized carbons (Fsp3) is 0.462. The Hall–Kier alpha value is -0.870. The summed E-state index contributed by atoms with van der Waals surface area (Å²) in [6.07, 6.45) is 0.853. The van der Waals surface area contributed by atoms with E-state index in [4.69, 9.17) is 4.74 Å². The summed E-state index contributed by atoms with van der Waals surface area (Å²) in [7, 11) is 1.64. The van der Waals surface area contributed by atoms with Crippen LogP contribution < -0.4 is 5.32 Å². The van der Waals surface area contributed by atoms with Crippen LogP contribution in [0.15, 0.2) is 24.3 Å². The largest absolute Gasteiger partial charge is 0.383 e. The molecule has 1 atom stereocenters. The van der Waals surface area contributed by atoms with Crippen molar-refractivity contribution in [3.8, 4) is 0 Å². The molecule has 94 valence electrons. The molecule has 0 saturated heterocycles. The number of carbonyl (C=O) groups excluding carboxylic acids is 1. The van der Waals surface area contributed by atoms with Crippen LogP contribution in [0.4, 0.5) is 0 Å². The van der Waals surface area contributed by atoms with Gasteiger partial charge in [-0.3, -0.25) is 4.79 Å². The van der Waals surface area contributed by atoms with Crippen LogP contribution >= 0.6 is 15.9 Å². The first-order chi connectivity index (χ1) is 8.17. The van der Waals surface area contributed by atoms with Crippen LogP contribution in [-0.4, -0.2) is 31.0 Å². The van der Waals surface area contributed by atoms with E-state index in [-0.39, 0.29) is 11.9 Å². The van der Waals surface area contributed by atoms with Gasteiger partial charge in [0.2, 0.25) is 0 Å². The van der Waals surface area contributed by atoms with Crippen molar-refractivity contribution in [3.05, 3.63) is 35.4 Å². The summed E-state index contributed by atoms with van der Waals surface area (Å²) in [5.41, 5.74) is 1.78. The first-order valence-electron chi connectivity index (χ1n) is 5.59. The Morgan fingerprint density at radius 3 is 2.88 bits per heavy atom. The maximum absolute atomic E-state index is 12.0. The summed E-state index contributed by atoms with van der Waals surface area (Å²) in [5, 5.41) is 3.81. The van der Waals surface area contributed by atoms with Crippen LogP contribution in [0.25, 0.3) is 0 Å². The molecule has 1 unspecified atom stereocenters. The fourth-order valence-electron chi connectivity index (χ4n) is 1.59. The second kappa shape index (κ2) is 7.45. The molecule has 1 aromatic rings. The maximum Gasteiger partial charge on any atom is 0.251 e. The second-order valence-electron chi connectivity index (χ2n) is 3.97. The highest BCUT2D eigenvalue weighted by atomic mass is 79.9. The minimum absolute atomic E-state index is 0.0447. The third-order valence-electron chi connectivity index (χ3n) is 2.44. The summed E-state index contributed by atoms with van der Waals surface area (Å²) in [6, 6.07) is 7.61. The van der Waals surface area contributed by atoms with Crippen molar-refractivity contribution < 1.29 is 9.53 Å². The number of hydrogen-bond donors (Lipinski definition) is 1. The molecule has 0 saturated carbocycles. The molecule has 0 radical (unpaired) electrons. The van der Waals surface area contributed by atoms with Gasteiger partial charge in [-0.15, -0.1) is 0 Å². The van der Waals surface area contributed by atoms with E-state index < -0.39 is 0 Å². The van der Waals surface area contributed by atoms with E-state index in [2.05, 4.69) is 21.2 Å². The normalized spacial score (nSPS) is 12.2. The molecule has 1 rings (SSSR count). The van der Waals surface area contributed by atoms with Crippen molar-refractivity contribution in [2.24, 2.45) is 0 Å². The van der Waals surface area contributed by atoms with Gasteiger partial charge in [0.15, 0.2) is 0 Å². The highest BCUT2D eigenvalue weighted by molar-refractivity contribution is 9.09. The van der Waals surface area contributed by atoms with Crippen molar-refractivity contribution in [2.45, 2.75) is 19.4 Å². The Morgan fingerprint density at radius 2 is 2.29 bits per heavy atom. The molecule has 17 heavy (non-hydrogen) atoms. The predicted molar refractivity (Wildman–Crippen MR) is 72.7 cm³/mol. The van der Waals surface area contributed by atoms with Crippen molar-refractivity contribution in [2.75, 3.05) is 19.0 Å². The highest BCUT2D eigenvalue weighted by Crippen LogP contribution is 2.05. The Morgan fingerprint density at radius 1 is 1.53 bits per heavy atom. The van der Waals surface area contributed by atoms with Crippen LogP contribution in [0, 0.1) is 6.92 Å². The summed E-state index contributed by atoms with van der Waals surface area (Å²) < 4.78 is 5.08. The number of carbonyl (C=O) groups is 1. The lowest BCUT2D eigenvalue weighted by Gasteiger charge is -2.16. The fourth-order valence-corrected chi connectivity index (χ4v) is 2.14. The van der Waals surface area contributed by atoms with Crippen LogP contribution in [-0.2, 0) is 4.74 Å². The topological polar surface area (TPSA) is 38.3 Å². The average molecular weight is 300 g/mol. The molecule has 1 N–H and O–H groups in total. The van der Waals surface area contributed by atoms with Gasteiger partial charge in [-0.1, -0.05) is 33.6 Å². The number of methoxy groups -OCH3 is 1. The number of alkyl halides is 1. The monoisotopic (exact) mass is 299 g/mol. The molecule has 1 amide bonds. The van der Waals surface area contributed by atoms with Gasteiger partial charge in [0, 0.05) is 18.0 Å². The number of halogens is 1. The summed E-state index contributed by atoms with van der Waals surface area (Å²) in [4.78, 5) is 12.0. The third-order valence-corrected chi connectivity index (χ3v) is 2.90. The maximum atomic E-state index is 12.0. The first kappa shape index (κ1) is 14.2. The molecular formula is C13H18BrNO2. The molecule has 0 aliphatic rings. The summed E-state index contributed by atoms with van der Waals surface area (Å²) in [5.74, 6) is -0.0447. The third kappa shape index (κ3) is 4.88. The summed E-state index contributed by atoms with van der Waals surface area (Å²) >= 11 is 3.37. The number of hydrogen-bond acceptors (Lipinski definition) is 2. The Bertz CT molecular complexity index is 362. The molecule has 0 spiro atoms. The van der Waals surface area contributed by atoms with Crippen molar-refractivity contribution in [3.63, 3.8) is 0 Å². The van der Waals surface area contributed by atoms with Gasteiger partial charge in [0.05, 0.1) is 12.6 Å². The lowest BCUT2D eigenvalue weighted by Crippen LogP contribution is -2.38. The standard InChI is InChI=1S/C13H18BrNO2/c1-10-4-3-5-11(8-10)13(16)15-12(6-7-14)9-17-2/h3-5,8,12H,6-7,9H2,1-2H3,(H,15,16). The average Bonchev–Trinajstić information content (AvgIpc) is 2.29. The molecular weight excluding hydrogens is 282 g/mol. The van der Waals surface area contributed by atoms with Crippen LogP contribution in [0.1, 0.15) is 22.3 Å². The van der Waals surface area contributed by atoms with E-state index in [1.807, 2.05) is 31.2 Å². The molecule has 0 aliphatic carbocycles. The first-order valence-corrected chi connectivity index (χ1v) is 6.72. The number of benzene rings is 1. The van der Waals surface area contributed by atoms with Crippen LogP contribution in [0.5, 0.6) is 0 Å². The number of rotatable bonds is 6. The number of amides is 1. The number of aryl methyl sites for hydroxylation is 1. The van der Waals surface area contributed by atoms with Gasteiger partial charge in [-0.2, -0.15) is 0 Å². The van der Waals surface area contributed by atoms with Crippen molar-refractivity contribution in [1.82, 2.24) is 5.32 Å². The number of nitrogens with one attached hydrogen (secondary N) is 1. The Labute approximate surface area is 111 Å². The highest BCUT2D eigenvalue weighted by Gasteiger charge is 2.12. The van der Waals surface area contributed by atoms with E-state index in [1.165, 1.54) is 0 Å². The van der Waals surface area contributed by atoms with Gasteiger partial charge in [-0.05, 0) is 25.5 Å². The smallest absolute Gasteiger partial charge is 0.251 e. The summed E-state index contributed by atoms with van der Waals surface area (Å²) in [6.45, 7) is 2.51. The predicted octanol–water partition coefficient (Wildman–Crippen LogP) is 2.52. The van der Waals surface area contributed by atoms with Gasteiger partial charge >= 0.3 is 0 Å². The van der Waals surface area contributed by atoms with Crippen LogP contribution in [0.2, 0.25) is 0 Å². The van der Waals surface area contributed by atoms with E-state index in [0.717, 1.165) is 17.3 Å². The molecule has 1 aromatic carbocycles. The molecule has 0 aromatic heterocycles. The molecule has 0 aliphatic heterocycles. The quantitative estimate of drug-likeness (QED) is 0.820. The Kier molecular flexibility index (Phi) is 6.22. The minimum atomic E-state index is -0.0447. The molecule has 0 bridgehead atoms. The lowest BCUT2D eigenvalue weighted by molar-refractivity contribution is 0.0895. The molecule has 3 nitrogen and oxygen atoms in total. The van der Waals surface area contributed by atoms with Gasteiger partial charge in [0.25, 0.3) is 5.91 Å². The zero-order chi connectivity index (χ0) is 12.7. The molecule has 0 fully saturated rings. The van der Waals surface area contributed by atoms with E-state index in [1.54, 1.807) is 7.11 Å². The van der Waals surface area contributed by atoms with Crippen molar-refractivity contribution in [1.29, 1.82) is 0 Å². The SMILES string of the molecule is COCC(CCBr)NC(=O)c1cccc(C)c1. The Balaban J connectivity index is 2.63. The van der Waals surface area contributed by atoms with Crippen molar-refractivity contribution >= 4 is 21.8 Å². The minimum Gasteiger partial charge on any atom is -0.383 e. The zero-order valence-electron chi connectivity index (χ0n) is 10.2. The van der Waals surface area contributed by atoms with Gasteiger partial charge in [-0.25, -0.2) is 0 Å². The van der Waals surface area contributed by atoms with Gasteiger partial charge < -0.3 is 10.1 Å². The second-order valence-corrected chi connectivity index (χ2v) is 4.77. The number of ether oxygens (including phenoxy) is 1. The molecule has 0 heterocycles. The van der Waals surface area contributed by atoms with E-state index in [0.29, 0.717) is 12.2 Å². The lowest BCUT2D eigenvalue weighted by atomic mass is 10.1. The van der Waals surface area contributed by atoms with Gasteiger partial charge in [0.1, 0.15) is 0 Å². The van der Waals surface area contributed by atoms with E-state index >= 15 is 0 Å².